The molecule has 0 aromatic carbocycles. The van der Waals surface area contributed by atoms with E-state index < -0.39 is 0 Å². The van der Waals surface area contributed by atoms with E-state index in [1.807, 2.05) is 0 Å². The lowest BCUT2D eigenvalue weighted by molar-refractivity contribution is -0.139. The molecule has 0 aliphatic heterocycles. The predicted molar refractivity (Wildman–Crippen MR) is 86.4 cm³/mol. The Morgan fingerprint density at radius 1 is 1.42 bits per heavy atom. The summed E-state index contributed by atoms with van der Waals surface area (Å²) in [5, 5.41) is 12.6. The molecular formula is C16H19N5O3. The molecule has 2 aromatic heterocycles. The molecule has 0 saturated carbocycles. The van der Waals surface area contributed by atoms with E-state index in [2.05, 4.69) is 30.6 Å². The van der Waals surface area contributed by atoms with Gasteiger partial charge in [0.05, 0.1) is 37.2 Å². The number of methoxy groups -OCH3 is 1. The first-order chi connectivity index (χ1) is 11.7. The number of ether oxygens (including phenoxy) is 1. The van der Waals surface area contributed by atoms with Crippen molar-refractivity contribution in [2.24, 2.45) is 0 Å². The van der Waals surface area contributed by atoms with E-state index in [-0.39, 0.29) is 24.5 Å². The molecule has 0 bridgehead atoms. The van der Waals surface area contributed by atoms with Crippen LogP contribution in [-0.2, 0) is 22.4 Å². The molecule has 2 heterocycles. The van der Waals surface area contributed by atoms with Crippen molar-refractivity contribution in [1.29, 1.82) is 0 Å². The van der Waals surface area contributed by atoms with Gasteiger partial charge in [0, 0.05) is 0 Å². The largest absolute Gasteiger partial charge is 0.469 e. The van der Waals surface area contributed by atoms with Gasteiger partial charge in [0.1, 0.15) is 5.82 Å². The minimum Gasteiger partial charge on any atom is -0.469 e. The van der Waals surface area contributed by atoms with E-state index in [4.69, 9.17) is 0 Å². The van der Waals surface area contributed by atoms with Crippen molar-refractivity contribution < 1.29 is 14.3 Å². The molecule has 2 aromatic rings. The number of carbonyl (C=O) groups excluding carboxylic acids is 2. The number of aryl methyl sites for hydroxylation is 1. The molecule has 0 saturated heterocycles. The summed E-state index contributed by atoms with van der Waals surface area (Å²) in [6.45, 7) is 0. The molecule has 0 radical (unpaired) electrons. The van der Waals surface area contributed by atoms with Crippen molar-refractivity contribution in [2.45, 2.75) is 31.7 Å². The first-order valence-electron chi connectivity index (χ1n) is 7.78. The van der Waals surface area contributed by atoms with Crippen LogP contribution in [0.2, 0.25) is 0 Å². The van der Waals surface area contributed by atoms with Gasteiger partial charge in [0.25, 0.3) is 0 Å². The molecule has 3 N–H and O–H groups in total. The first-order valence-corrected chi connectivity index (χ1v) is 7.78. The summed E-state index contributed by atoms with van der Waals surface area (Å²) >= 11 is 0. The minimum atomic E-state index is -0.377. The Morgan fingerprint density at radius 3 is 3.12 bits per heavy atom. The summed E-state index contributed by atoms with van der Waals surface area (Å²) in [4.78, 5) is 27.7. The number of nitrogens with zero attached hydrogens (tertiary/aromatic N) is 2. The Balaban J connectivity index is 1.62. The molecule has 24 heavy (non-hydrogen) atoms. The average molecular weight is 329 g/mol. The number of carbonyl (C=O) groups is 2. The third kappa shape index (κ3) is 3.70. The van der Waals surface area contributed by atoms with Gasteiger partial charge in [0.2, 0.25) is 0 Å². The molecule has 1 aliphatic carbocycles. The molecule has 8 nitrogen and oxygen atoms in total. The monoisotopic (exact) mass is 329 g/mol. The molecule has 0 fully saturated rings. The van der Waals surface area contributed by atoms with Crippen molar-refractivity contribution in [3.05, 3.63) is 41.3 Å². The van der Waals surface area contributed by atoms with Crippen LogP contribution in [0.1, 0.15) is 35.8 Å². The highest BCUT2D eigenvalue weighted by Crippen LogP contribution is 2.27. The number of rotatable bonds is 4. The summed E-state index contributed by atoms with van der Waals surface area (Å²) in [6, 6.07) is 4.68. The van der Waals surface area contributed by atoms with Crippen LogP contribution in [0.3, 0.4) is 0 Å². The van der Waals surface area contributed by atoms with Gasteiger partial charge in [-0.2, -0.15) is 5.10 Å². The number of hydrogen-bond donors (Lipinski definition) is 3. The van der Waals surface area contributed by atoms with E-state index in [0.29, 0.717) is 11.5 Å². The van der Waals surface area contributed by atoms with Gasteiger partial charge >= 0.3 is 12.0 Å². The van der Waals surface area contributed by atoms with E-state index in [9.17, 15) is 9.59 Å². The summed E-state index contributed by atoms with van der Waals surface area (Å²) in [5.74, 6) is 0.00706. The maximum absolute atomic E-state index is 12.2. The SMILES string of the molecule is COC(=O)Cc1cccc(NC(=O)N[C@@H]2CCCc3cn[nH]c32)n1. The van der Waals surface area contributed by atoms with Gasteiger partial charge in [-0.05, 0) is 37.0 Å². The number of aromatic amines is 1. The van der Waals surface area contributed by atoms with Crippen molar-refractivity contribution in [3.8, 4) is 0 Å². The molecular weight excluding hydrogens is 310 g/mol. The minimum absolute atomic E-state index is 0.0633. The number of aromatic nitrogens is 3. The molecule has 2 amide bonds. The summed E-state index contributed by atoms with van der Waals surface area (Å²) in [5.41, 5.74) is 2.64. The quantitative estimate of drug-likeness (QED) is 0.740. The van der Waals surface area contributed by atoms with Gasteiger partial charge in [0.15, 0.2) is 0 Å². The second kappa shape index (κ2) is 7.12. The third-order valence-corrected chi connectivity index (χ3v) is 3.95. The number of hydrogen-bond acceptors (Lipinski definition) is 5. The van der Waals surface area contributed by atoms with Crippen molar-refractivity contribution in [2.75, 3.05) is 12.4 Å². The van der Waals surface area contributed by atoms with E-state index >= 15 is 0 Å². The topological polar surface area (TPSA) is 109 Å². The van der Waals surface area contributed by atoms with Gasteiger partial charge in [-0.3, -0.25) is 15.2 Å². The fraction of sp³-hybridized carbons (Fsp3) is 0.375. The number of fused-ring (bicyclic) bond motifs is 1. The van der Waals surface area contributed by atoms with Crippen LogP contribution < -0.4 is 10.6 Å². The van der Waals surface area contributed by atoms with Crippen molar-refractivity contribution in [3.63, 3.8) is 0 Å². The van der Waals surface area contributed by atoms with Crippen molar-refractivity contribution >= 4 is 17.8 Å². The van der Waals surface area contributed by atoms with Gasteiger partial charge in [-0.1, -0.05) is 6.07 Å². The summed E-state index contributed by atoms with van der Waals surface area (Å²) in [6.07, 6.45) is 4.71. The second-order valence-electron chi connectivity index (χ2n) is 5.62. The lowest BCUT2D eigenvalue weighted by Crippen LogP contribution is -2.34. The van der Waals surface area contributed by atoms with Crippen LogP contribution in [0.5, 0.6) is 0 Å². The van der Waals surface area contributed by atoms with Crippen LogP contribution >= 0.6 is 0 Å². The number of urea groups is 1. The Bertz CT molecular complexity index is 743. The van der Waals surface area contributed by atoms with Crippen LogP contribution in [0.4, 0.5) is 10.6 Å². The summed E-state index contributed by atoms with van der Waals surface area (Å²) in [7, 11) is 1.33. The van der Waals surface area contributed by atoms with Crippen molar-refractivity contribution in [1.82, 2.24) is 20.5 Å². The standard InChI is InChI=1S/C16H19N5O3/c1-24-14(22)8-11-5-3-7-13(18-11)20-16(23)19-12-6-2-4-10-9-17-21-15(10)12/h3,5,7,9,12H,2,4,6,8H2,1H3,(H,17,21)(H2,18,19,20,23)/t12-/m1/s1. The Labute approximate surface area is 139 Å². The molecule has 1 atom stereocenters. The number of nitrogens with one attached hydrogen (secondary N) is 3. The van der Waals surface area contributed by atoms with Crippen LogP contribution in [0, 0.1) is 0 Å². The average Bonchev–Trinajstić information content (AvgIpc) is 3.04. The van der Waals surface area contributed by atoms with Crippen LogP contribution in [0.15, 0.2) is 24.4 Å². The highest BCUT2D eigenvalue weighted by molar-refractivity contribution is 5.88. The molecule has 1 aliphatic rings. The zero-order chi connectivity index (χ0) is 16.9. The normalized spacial score (nSPS) is 16.1. The Kier molecular flexibility index (Phi) is 4.74. The fourth-order valence-electron chi connectivity index (χ4n) is 2.79. The number of esters is 1. The van der Waals surface area contributed by atoms with Crippen LogP contribution in [0.25, 0.3) is 0 Å². The third-order valence-electron chi connectivity index (χ3n) is 3.95. The lowest BCUT2D eigenvalue weighted by Gasteiger charge is -2.22. The number of pyridine rings is 1. The van der Waals surface area contributed by atoms with Gasteiger partial charge in [-0.15, -0.1) is 0 Å². The first kappa shape index (κ1) is 16.0. The second-order valence-corrected chi connectivity index (χ2v) is 5.62. The van der Waals surface area contributed by atoms with Gasteiger partial charge in [-0.25, -0.2) is 9.78 Å². The molecule has 0 spiro atoms. The van der Waals surface area contributed by atoms with E-state index in [1.165, 1.54) is 7.11 Å². The number of amides is 2. The maximum Gasteiger partial charge on any atom is 0.320 e. The number of H-pyrrole nitrogens is 1. The molecule has 0 unspecified atom stereocenters. The smallest absolute Gasteiger partial charge is 0.320 e. The summed E-state index contributed by atoms with van der Waals surface area (Å²) < 4.78 is 4.61. The zero-order valence-electron chi connectivity index (χ0n) is 13.3. The molecule has 3 rings (SSSR count). The van der Waals surface area contributed by atoms with Crippen LogP contribution in [-0.4, -0.2) is 34.3 Å². The highest BCUT2D eigenvalue weighted by Gasteiger charge is 2.23. The lowest BCUT2D eigenvalue weighted by atomic mass is 9.94. The predicted octanol–water partition coefficient (Wildman–Crippen LogP) is 1.72. The zero-order valence-corrected chi connectivity index (χ0v) is 13.3. The highest BCUT2D eigenvalue weighted by atomic mass is 16.5. The Hall–Kier alpha value is -2.90. The Morgan fingerprint density at radius 2 is 2.29 bits per heavy atom. The molecule has 8 heteroatoms. The fourth-order valence-corrected chi connectivity index (χ4v) is 2.79. The van der Waals surface area contributed by atoms with E-state index in [0.717, 1.165) is 30.5 Å². The van der Waals surface area contributed by atoms with E-state index in [1.54, 1.807) is 24.4 Å². The van der Waals surface area contributed by atoms with Gasteiger partial charge < -0.3 is 10.1 Å². The molecule has 126 valence electrons. The number of anilines is 1. The maximum atomic E-state index is 12.2.